The molecule has 1 fully saturated rings. The number of ether oxygens (including phenoxy) is 1. The van der Waals surface area contributed by atoms with E-state index in [1.165, 1.54) is 17.7 Å². The van der Waals surface area contributed by atoms with Gasteiger partial charge in [-0.3, -0.25) is 4.79 Å². The molecule has 150 valence electrons. The largest absolute Gasteiger partial charge is 0.385 e. The van der Waals surface area contributed by atoms with Crippen LogP contribution in [0.1, 0.15) is 34.8 Å². The number of hydrogen-bond acceptors (Lipinski definition) is 6. The first-order valence-electron chi connectivity index (χ1n) is 9.19. The molecular formula is C20H20FN5O3. The van der Waals surface area contributed by atoms with Gasteiger partial charge in [0.05, 0.1) is 24.9 Å². The predicted molar refractivity (Wildman–Crippen MR) is 102 cm³/mol. The maximum absolute atomic E-state index is 14.6. The molecule has 0 bridgehead atoms. The number of hydrogen-bond donors (Lipinski definition) is 2. The van der Waals surface area contributed by atoms with Gasteiger partial charge in [-0.25, -0.2) is 4.39 Å². The Morgan fingerprint density at radius 3 is 2.76 bits per heavy atom. The van der Waals surface area contributed by atoms with Crippen molar-refractivity contribution in [3.05, 3.63) is 59.2 Å². The summed E-state index contributed by atoms with van der Waals surface area (Å²) in [4.78, 5) is 12.7. The van der Waals surface area contributed by atoms with Crippen LogP contribution in [0.4, 0.5) is 4.39 Å². The second-order valence-electron chi connectivity index (χ2n) is 7.08. The highest BCUT2D eigenvalue weighted by Crippen LogP contribution is 2.28. The fourth-order valence-corrected chi connectivity index (χ4v) is 3.10. The highest BCUT2D eigenvalue weighted by atomic mass is 19.1. The van der Waals surface area contributed by atoms with Gasteiger partial charge in [0.2, 0.25) is 0 Å². The molecule has 2 aromatic carbocycles. The van der Waals surface area contributed by atoms with E-state index in [2.05, 4.69) is 20.8 Å². The Kier molecular flexibility index (Phi) is 5.08. The van der Waals surface area contributed by atoms with Crippen LogP contribution in [0.3, 0.4) is 0 Å². The van der Waals surface area contributed by atoms with Gasteiger partial charge in [0.15, 0.2) is 5.82 Å². The van der Waals surface area contributed by atoms with E-state index in [1.807, 2.05) is 0 Å². The summed E-state index contributed by atoms with van der Waals surface area (Å²) in [5.41, 5.74) is 2.42. The van der Waals surface area contributed by atoms with Gasteiger partial charge in [0.1, 0.15) is 11.9 Å². The van der Waals surface area contributed by atoms with Gasteiger partial charge in [-0.15, -0.1) is 5.10 Å². The molecule has 1 atom stereocenters. The highest BCUT2D eigenvalue weighted by molar-refractivity contribution is 5.96. The molecule has 3 aromatic rings. The highest BCUT2D eigenvalue weighted by Gasteiger charge is 2.23. The maximum Gasteiger partial charge on any atom is 0.251 e. The number of nitrogens with one attached hydrogen (secondary N) is 1. The average molecular weight is 397 g/mol. The molecule has 9 heteroatoms. The van der Waals surface area contributed by atoms with Crippen molar-refractivity contribution in [1.29, 1.82) is 0 Å². The van der Waals surface area contributed by atoms with Crippen molar-refractivity contribution in [3.63, 3.8) is 0 Å². The van der Waals surface area contributed by atoms with E-state index in [4.69, 9.17) is 4.74 Å². The summed E-state index contributed by atoms with van der Waals surface area (Å²) in [5, 5.41) is 24.2. The zero-order valence-electron chi connectivity index (χ0n) is 16.0. The van der Waals surface area contributed by atoms with Crippen molar-refractivity contribution >= 4 is 5.91 Å². The van der Waals surface area contributed by atoms with Crippen LogP contribution in [0.25, 0.3) is 16.8 Å². The summed E-state index contributed by atoms with van der Waals surface area (Å²) in [6.45, 7) is 4.27. The Labute approximate surface area is 166 Å². The molecule has 1 saturated heterocycles. The summed E-state index contributed by atoms with van der Waals surface area (Å²) >= 11 is 0. The normalized spacial score (nSPS) is 15.0. The molecule has 1 amide bonds. The van der Waals surface area contributed by atoms with Gasteiger partial charge in [-0.2, -0.15) is 4.68 Å². The summed E-state index contributed by atoms with van der Waals surface area (Å²) in [5.74, 6) is -0.487. The van der Waals surface area contributed by atoms with Crippen LogP contribution in [-0.4, -0.2) is 50.5 Å². The van der Waals surface area contributed by atoms with Gasteiger partial charge >= 0.3 is 0 Å². The van der Waals surface area contributed by atoms with Gasteiger partial charge in [0, 0.05) is 11.1 Å². The van der Waals surface area contributed by atoms with E-state index >= 15 is 0 Å². The molecule has 0 aliphatic carbocycles. The number of amides is 1. The van der Waals surface area contributed by atoms with Crippen molar-refractivity contribution in [2.24, 2.45) is 0 Å². The van der Waals surface area contributed by atoms with Crippen LogP contribution in [0.15, 0.2) is 36.4 Å². The zero-order valence-corrected chi connectivity index (χ0v) is 16.0. The van der Waals surface area contributed by atoms with E-state index in [1.54, 1.807) is 37.3 Å². The molecule has 1 aliphatic rings. The molecule has 1 aliphatic heterocycles. The number of carbonyl (C=O) groups excluding carboxylic acids is 1. The minimum Gasteiger partial charge on any atom is -0.385 e. The van der Waals surface area contributed by atoms with E-state index in [9.17, 15) is 14.3 Å². The van der Waals surface area contributed by atoms with Crippen LogP contribution >= 0.6 is 0 Å². The minimum absolute atomic E-state index is 0.0493. The second kappa shape index (κ2) is 7.69. The Morgan fingerprint density at radius 2 is 2.10 bits per heavy atom. The molecule has 4 rings (SSSR count). The fraction of sp³-hybridized carbons (Fsp3) is 0.300. The monoisotopic (exact) mass is 397 g/mol. The van der Waals surface area contributed by atoms with E-state index in [0.29, 0.717) is 35.6 Å². The number of benzene rings is 2. The molecule has 8 nitrogen and oxygen atoms in total. The van der Waals surface area contributed by atoms with Gasteiger partial charge in [-0.1, -0.05) is 12.1 Å². The van der Waals surface area contributed by atoms with Gasteiger partial charge in [-0.05, 0) is 59.7 Å². The maximum atomic E-state index is 14.6. The lowest BCUT2D eigenvalue weighted by Gasteiger charge is -2.27. The van der Waals surface area contributed by atoms with Crippen LogP contribution in [0.5, 0.6) is 0 Å². The van der Waals surface area contributed by atoms with Crippen LogP contribution in [0.2, 0.25) is 0 Å². The quantitative estimate of drug-likeness (QED) is 0.682. The minimum atomic E-state index is -0.922. The number of aliphatic hydroxyl groups excluding tert-OH is 1. The number of halogens is 1. The number of aromatic nitrogens is 4. The molecule has 2 N–H and O–H groups in total. The third-order valence-electron chi connectivity index (χ3n) is 4.70. The molecule has 0 radical (unpaired) electrons. The van der Waals surface area contributed by atoms with Crippen molar-refractivity contribution < 1.29 is 19.0 Å². The van der Waals surface area contributed by atoms with E-state index < -0.39 is 11.9 Å². The first kappa shape index (κ1) is 19.2. The number of tetrazole rings is 1. The summed E-state index contributed by atoms with van der Waals surface area (Å²) in [6.07, 6.45) is -0.922. The van der Waals surface area contributed by atoms with Crippen molar-refractivity contribution in [2.45, 2.75) is 26.0 Å². The molecule has 0 saturated carbocycles. The molecule has 0 spiro atoms. The Bertz CT molecular complexity index is 1060. The number of nitrogens with zero attached hydrogens (tertiary/aromatic N) is 4. The van der Waals surface area contributed by atoms with Crippen molar-refractivity contribution in [3.8, 4) is 16.8 Å². The zero-order chi connectivity index (χ0) is 20.5. The van der Waals surface area contributed by atoms with Gasteiger partial charge < -0.3 is 15.2 Å². The first-order chi connectivity index (χ1) is 13.9. The lowest BCUT2D eigenvalue weighted by Crippen LogP contribution is -2.48. The van der Waals surface area contributed by atoms with Crippen molar-refractivity contribution in [2.75, 3.05) is 13.2 Å². The summed E-state index contributed by atoms with van der Waals surface area (Å²) in [6, 6.07) is 9.76. The number of aliphatic hydroxyl groups is 1. The molecule has 2 heterocycles. The van der Waals surface area contributed by atoms with Crippen LogP contribution < -0.4 is 5.32 Å². The third-order valence-corrected chi connectivity index (χ3v) is 4.70. The lowest BCUT2D eigenvalue weighted by molar-refractivity contribution is -0.00346. The lowest BCUT2D eigenvalue weighted by atomic mass is 9.99. The SMILES string of the molecule is Cc1ccc(-c2cc(C(=O)NC3COC3)cc(-n3nnnc3C(C)O)c2)c(F)c1. The Morgan fingerprint density at radius 1 is 1.31 bits per heavy atom. The van der Waals surface area contributed by atoms with Crippen molar-refractivity contribution in [1.82, 2.24) is 25.5 Å². The summed E-state index contributed by atoms with van der Waals surface area (Å²) in [7, 11) is 0. The standard InChI is InChI=1S/C20H20FN5O3/c1-11-3-4-17(18(21)5-11)13-6-14(20(28)22-15-9-29-10-15)8-16(7-13)26-19(12(2)27)23-24-25-26/h3-8,12,15,27H,9-10H2,1-2H3,(H,22,28). The molecule has 1 aromatic heterocycles. The van der Waals surface area contributed by atoms with Crippen LogP contribution in [0, 0.1) is 12.7 Å². The predicted octanol–water partition coefficient (Wildman–Crippen LogP) is 1.96. The number of rotatable bonds is 5. The topological polar surface area (TPSA) is 102 Å². The number of carbonyl (C=O) groups is 1. The Balaban J connectivity index is 1.82. The summed E-state index contributed by atoms with van der Waals surface area (Å²) < 4.78 is 21.1. The second-order valence-corrected chi connectivity index (χ2v) is 7.08. The average Bonchev–Trinajstić information content (AvgIpc) is 3.14. The van der Waals surface area contributed by atoms with Crippen LogP contribution in [-0.2, 0) is 4.74 Å². The molecular weight excluding hydrogens is 377 g/mol. The smallest absolute Gasteiger partial charge is 0.251 e. The van der Waals surface area contributed by atoms with Gasteiger partial charge in [0.25, 0.3) is 5.91 Å². The molecule has 1 unspecified atom stereocenters. The third kappa shape index (κ3) is 3.87. The van der Waals surface area contributed by atoms with E-state index in [0.717, 1.165) is 5.56 Å². The number of aryl methyl sites for hydroxylation is 1. The Hall–Kier alpha value is -3.17. The fourth-order valence-electron chi connectivity index (χ4n) is 3.10. The first-order valence-corrected chi connectivity index (χ1v) is 9.19. The van der Waals surface area contributed by atoms with E-state index in [-0.39, 0.29) is 17.8 Å². The molecule has 29 heavy (non-hydrogen) atoms.